The zero-order chi connectivity index (χ0) is 14.0. The maximum atomic E-state index is 14.0. The number of rotatable bonds is 3. The second-order valence-electron chi connectivity index (χ2n) is 5.47. The summed E-state index contributed by atoms with van der Waals surface area (Å²) >= 11 is 5.26. The van der Waals surface area contributed by atoms with Crippen molar-refractivity contribution >= 4 is 27.7 Å². The van der Waals surface area contributed by atoms with Gasteiger partial charge in [-0.3, -0.25) is 0 Å². The molecule has 0 saturated carbocycles. The molecule has 1 aromatic rings. The Balaban J connectivity index is 1.68. The van der Waals surface area contributed by atoms with Gasteiger partial charge < -0.3 is 9.47 Å². The summed E-state index contributed by atoms with van der Waals surface area (Å²) in [6, 6.07) is 5.16. The van der Waals surface area contributed by atoms with Gasteiger partial charge in [-0.2, -0.15) is 11.8 Å². The Morgan fingerprint density at radius 1 is 1.50 bits per heavy atom. The quantitative estimate of drug-likeness (QED) is 0.754. The van der Waals surface area contributed by atoms with E-state index in [9.17, 15) is 4.39 Å². The van der Waals surface area contributed by atoms with Crippen LogP contribution in [0.25, 0.3) is 0 Å². The fraction of sp³-hybridized carbons (Fsp3) is 0.600. The SMILES string of the molecule is Fc1cc(CBr)ccc1OC1CCOC2(CCSC2)C1. The summed E-state index contributed by atoms with van der Waals surface area (Å²) in [5.41, 5.74) is 0.894. The Kier molecular flexibility index (Phi) is 4.58. The summed E-state index contributed by atoms with van der Waals surface area (Å²) in [5, 5.41) is 0.655. The molecule has 0 bridgehead atoms. The molecule has 2 nitrogen and oxygen atoms in total. The Morgan fingerprint density at radius 2 is 2.40 bits per heavy atom. The van der Waals surface area contributed by atoms with Crippen LogP contribution in [0, 0.1) is 5.82 Å². The van der Waals surface area contributed by atoms with Crippen LogP contribution in [0.15, 0.2) is 18.2 Å². The molecule has 2 aliphatic rings. The molecule has 0 N–H and O–H groups in total. The van der Waals surface area contributed by atoms with E-state index in [0.29, 0.717) is 17.7 Å². The van der Waals surface area contributed by atoms with Crippen LogP contribution >= 0.6 is 27.7 Å². The number of alkyl halides is 1. The minimum atomic E-state index is -0.275. The molecule has 0 radical (unpaired) electrons. The number of hydrogen-bond donors (Lipinski definition) is 0. The zero-order valence-electron chi connectivity index (χ0n) is 11.2. The third-order valence-corrected chi connectivity index (χ3v) is 5.83. The molecule has 1 spiro atoms. The molecule has 0 aromatic heterocycles. The van der Waals surface area contributed by atoms with Gasteiger partial charge in [0, 0.05) is 23.9 Å². The number of ether oxygens (including phenoxy) is 2. The summed E-state index contributed by atoms with van der Waals surface area (Å²) in [4.78, 5) is 0. The first-order valence-electron chi connectivity index (χ1n) is 6.93. The van der Waals surface area contributed by atoms with Gasteiger partial charge in [-0.25, -0.2) is 4.39 Å². The van der Waals surface area contributed by atoms with E-state index in [1.54, 1.807) is 6.07 Å². The van der Waals surface area contributed by atoms with Crippen LogP contribution in [0.3, 0.4) is 0 Å². The lowest BCUT2D eigenvalue weighted by atomic mass is 9.91. The van der Waals surface area contributed by atoms with Gasteiger partial charge in [0.25, 0.3) is 0 Å². The molecule has 0 amide bonds. The van der Waals surface area contributed by atoms with Crippen molar-refractivity contribution in [1.29, 1.82) is 0 Å². The molecular weight excluding hydrogens is 343 g/mol. The average molecular weight is 361 g/mol. The van der Waals surface area contributed by atoms with Gasteiger partial charge in [0.05, 0.1) is 12.2 Å². The first kappa shape index (κ1) is 14.7. The molecule has 2 aliphatic heterocycles. The largest absolute Gasteiger partial charge is 0.487 e. The molecule has 3 rings (SSSR count). The highest BCUT2D eigenvalue weighted by atomic mass is 79.9. The maximum Gasteiger partial charge on any atom is 0.165 e. The van der Waals surface area contributed by atoms with E-state index in [2.05, 4.69) is 15.9 Å². The van der Waals surface area contributed by atoms with Crippen LogP contribution in [0.1, 0.15) is 24.8 Å². The van der Waals surface area contributed by atoms with Gasteiger partial charge in [0.15, 0.2) is 11.6 Å². The van der Waals surface area contributed by atoms with Gasteiger partial charge in [-0.05, 0) is 29.9 Å². The van der Waals surface area contributed by atoms with Gasteiger partial charge in [0.1, 0.15) is 6.10 Å². The second-order valence-corrected chi connectivity index (χ2v) is 7.13. The number of benzene rings is 1. The standard InChI is InChI=1S/C15H18BrFO2S/c16-9-11-1-2-14(13(17)7-11)19-12-3-5-18-15(8-12)4-6-20-10-15/h1-2,7,12H,3-6,8-10H2. The number of halogens is 2. The summed E-state index contributed by atoms with van der Waals surface area (Å²) in [6.45, 7) is 0.715. The molecule has 2 fully saturated rings. The van der Waals surface area contributed by atoms with E-state index in [4.69, 9.17) is 9.47 Å². The van der Waals surface area contributed by atoms with Crippen molar-refractivity contribution < 1.29 is 13.9 Å². The fourth-order valence-electron chi connectivity index (χ4n) is 2.85. The molecule has 2 heterocycles. The zero-order valence-corrected chi connectivity index (χ0v) is 13.6. The smallest absolute Gasteiger partial charge is 0.165 e. The third-order valence-electron chi connectivity index (χ3n) is 3.96. The van der Waals surface area contributed by atoms with Crippen molar-refractivity contribution in [1.82, 2.24) is 0 Å². The van der Waals surface area contributed by atoms with Crippen molar-refractivity contribution in [2.75, 3.05) is 18.1 Å². The molecule has 5 heteroatoms. The predicted molar refractivity (Wildman–Crippen MR) is 83.3 cm³/mol. The summed E-state index contributed by atoms with van der Waals surface area (Å²) in [6.07, 6.45) is 2.86. The van der Waals surface area contributed by atoms with Crippen molar-refractivity contribution in [3.8, 4) is 5.75 Å². The lowest BCUT2D eigenvalue weighted by Gasteiger charge is -2.37. The molecule has 20 heavy (non-hydrogen) atoms. The normalized spacial score (nSPS) is 29.8. The molecular formula is C15H18BrFO2S. The molecule has 2 unspecified atom stereocenters. The maximum absolute atomic E-state index is 14.0. The lowest BCUT2D eigenvalue weighted by Crippen LogP contribution is -2.43. The van der Waals surface area contributed by atoms with Gasteiger partial charge >= 0.3 is 0 Å². The van der Waals surface area contributed by atoms with Crippen LogP contribution in [0.4, 0.5) is 4.39 Å². The van der Waals surface area contributed by atoms with Crippen molar-refractivity contribution in [3.63, 3.8) is 0 Å². The molecule has 1 aromatic carbocycles. The first-order valence-corrected chi connectivity index (χ1v) is 9.21. The highest BCUT2D eigenvalue weighted by Crippen LogP contribution is 2.39. The van der Waals surface area contributed by atoms with E-state index in [-0.39, 0.29) is 17.5 Å². The van der Waals surface area contributed by atoms with Crippen LogP contribution in [-0.4, -0.2) is 29.8 Å². The summed E-state index contributed by atoms with van der Waals surface area (Å²) in [7, 11) is 0. The van der Waals surface area contributed by atoms with Crippen LogP contribution in [0.5, 0.6) is 5.75 Å². The van der Waals surface area contributed by atoms with Gasteiger partial charge in [-0.15, -0.1) is 0 Å². The predicted octanol–water partition coefficient (Wildman–Crippen LogP) is 4.15. The minimum Gasteiger partial charge on any atom is -0.487 e. The fourth-order valence-corrected chi connectivity index (χ4v) is 4.58. The number of thioether (sulfide) groups is 1. The minimum absolute atomic E-state index is 0.0279. The van der Waals surface area contributed by atoms with Gasteiger partial charge in [0.2, 0.25) is 0 Å². The molecule has 2 saturated heterocycles. The van der Waals surface area contributed by atoms with E-state index in [1.165, 1.54) is 6.07 Å². The lowest BCUT2D eigenvalue weighted by molar-refractivity contribution is -0.0964. The summed E-state index contributed by atoms with van der Waals surface area (Å²) in [5.74, 6) is 2.28. The van der Waals surface area contributed by atoms with Crippen LogP contribution < -0.4 is 4.74 Å². The molecule has 0 aliphatic carbocycles. The first-order chi connectivity index (χ1) is 9.71. The van der Waals surface area contributed by atoms with Gasteiger partial charge in [-0.1, -0.05) is 22.0 Å². The molecule has 2 atom stereocenters. The monoisotopic (exact) mass is 360 g/mol. The third kappa shape index (κ3) is 3.15. The summed E-state index contributed by atoms with van der Waals surface area (Å²) < 4.78 is 25.8. The Hall–Kier alpha value is -0.260. The van der Waals surface area contributed by atoms with Crippen LogP contribution in [-0.2, 0) is 10.1 Å². The van der Waals surface area contributed by atoms with E-state index < -0.39 is 0 Å². The van der Waals surface area contributed by atoms with E-state index >= 15 is 0 Å². The van der Waals surface area contributed by atoms with E-state index in [0.717, 1.165) is 36.3 Å². The average Bonchev–Trinajstić information content (AvgIpc) is 2.89. The highest BCUT2D eigenvalue weighted by molar-refractivity contribution is 9.08. The second kappa shape index (κ2) is 6.24. The van der Waals surface area contributed by atoms with Crippen LogP contribution in [0.2, 0.25) is 0 Å². The Labute approximate surface area is 131 Å². The van der Waals surface area contributed by atoms with Crippen molar-refractivity contribution in [2.24, 2.45) is 0 Å². The van der Waals surface area contributed by atoms with Crippen molar-refractivity contribution in [2.45, 2.75) is 36.3 Å². The molecule has 110 valence electrons. The topological polar surface area (TPSA) is 18.5 Å². The van der Waals surface area contributed by atoms with E-state index in [1.807, 2.05) is 17.8 Å². The Morgan fingerprint density at radius 3 is 3.10 bits per heavy atom. The highest BCUT2D eigenvalue weighted by Gasteiger charge is 2.41. The van der Waals surface area contributed by atoms with Crippen molar-refractivity contribution in [3.05, 3.63) is 29.6 Å². The number of hydrogen-bond acceptors (Lipinski definition) is 3. The Bertz CT molecular complexity index is 477.